The Morgan fingerprint density at radius 3 is 2.33 bits per heavy atom. The van der Waals surface area contributed by atoms with Crippen LogP contribution in [0.2, 0.25) is 0 Å². The van der Waals surface area contributed by atoms with Crippen molar-refractivity contribution in [3.05, 3.63) is 60.4 Å². The normalized spacial score (nSPS) is 13.2. The first-order valence-corrected chi connectivity index (χ1v) is 13.6. The molecule has 0 fully saturated rings. The third-order valence-corrected chi connectivity index (χ3v) is 7.93. The van der Waals surface area contributed by atoms with Crippen molar-refractivity contribution in [1.29, 1.82) is 0 Å². The van der Waals surface area contributed by atoms with Crippen LogP contribution in [0, 0.1) is 6.92 Å². The highest BCUT2D eigenvalue weighted by Gasteiger charge is 2.35. The number of fused-ring (bicyclic) bond motifs is 1. The highest BCUT2D eigenvalue weighted by Crippen LogP contribution is 2.38. The van der Waals surface area contributed by atoms with Crippen molar-refractivity contribution in [1.82, 2.24) is 39.7 Å². The summed E-state index contributed by atoms with van der Waals surface area (Å²) in [6.45, 7) is 3.33. The molecule has 40 heavy (non-hydrogen) atoms. The molecular weight excluding hydrogens is 538 g/mol. The van der Waals surface area contributed by atoms with E-state index in [4.69, 9.17) is 14.2 Å². The van der Waals surface area contributed by atoms with Crippen molar-refractivity contribution in [2.24, 2.45) is 0 Å². The molecule has 0 saturated heterocycles. The Balaban J connectivity index is 1.64. The first kappa shape index (κ1) is 27.0. The molecule has 208 valence electrons. The lowest BCUT2D eigenvalue weighted by Gasteiger charge is -2.22. The predicted octanol–water partition coefficient (Wildman–Crippen LogP) is 2.84. The zero-order valence-corrected chi connectivity index (χ0v) is 23.2. The molecule has 0 saturated carbocycles. The van der Waals surface area contributed by atoms with Crippen molar-refractivity contribution in [3.63, 3.8) is 0 Å². The average molecular weight is 566 g/mol. The van der Waals surface area contributed by atoms with Crippen molar-refractivity contribution in [2.75, 3.05) is 26.1 Å². The van der Waals surface area contributed by atoms with Crippen LogP contribution in [0.5, 0.6) is 11.5 Å². The summed E-state index contributed by atoms with van der Waals surface area (Å²) in [6, 6.07) is 6.92. The molecule has 0 aliphatic carbocycles. The van der Waals surface area contributed by atoms with Crippen LogP contribution in [0.15, 0.2) is 49.1 Å². The van der Waals surface area contributed by atoms with E-state index in [0.29, 0.717) is 34.0 Å². The Bertz CT molecular complexity index is 1730. The fraction of sp³-hybridized carbons (Fsp3) is 0.280. The quantitative estimate of drug-likeness (QED) is 0.255. The maximum Gasteiger partial charge on any atom is 0.243 e. The number of anilines is 1. The first-order chi connectivity index (χ1) is 19.3. The van der Waals surface area contributed by atoms with E-state index in [0.717, 1.165) is 5.56 Å². The maximum atomic E-state index is 13.7. The molecule has 2 atom stereocenters. The Labute approximate surface area is 229 Å². The van der Waals surface area contributed by atoms with Crippen molar-refractivity contribution in [3.8, 4) is 28.7 Å². The Morgan fingerprint density at radius 2 is 1.68 bits per heavy atom. The second-order valence-corrected chi connectivity index (χ2v) is 10.8. The number of methoxy groups -OCH3 is 3. The van der Waals surface area contributed by atoms with Gasteiger partial charge in [0.15, 0.2) is 17.3 Å². The number of H-pyrrole nitrogens is 1. The minimum Gasteiger partial charge on any atom is -0.494 e. The fourth-order valence-corrected chi connectivity index (χ4v) is 5.29. The fourth-order valence-electron chi connectivity index (χ4n) is 4.16. The number of benzene rings is 1. The molecule has 2 unspecified atom stereocenters. The van der Waals surface area contributed by atoms with Gasteiger partial charge >= 0.3 is 0 Å². The predicted molar refractivity (Wildman–Crippen MR) is 146 cm³/mol. The average Bonchev–Trinajstić information content (AvgIpc) is 3.60. The second-order valence-electron chi connectivity index (χ2n) is 8.79. The van der Waals surface area contributed by atoms with Gasteiger partial charge < -0.3 is 19.2 Å². The molecule has 0 spiro atoms. The molecule has 5 aromatic rings. The number of para-hydroxylation sites is 1. The van der Waals surface area contributed by atoms with Crippen molar-refractivity contribution in [2.45, 2.75) is 25.2 Å². The third kappa shape index (κ3) is 4.91. The van der Waals surface area contributed by atoms with Gasteiger partial charge in [-0.1, -0.05) is 6.07 Å². The highest BCUT2D eigenvalue weighted by atomic mass is 32.2. The monoisotopic (exact) mass is 565 g/mol. The smallest absolute Gasteiger partial charge is 0.243 e. The SMILES string of the molecule is COc1cccc(OC)c1-n1c(NS(=O)(=O)C(C)C(OC)c2ncc(C)cn2)nnc1-c1cnc2[nH]ccc2n1. The molecule has 0 radical (unpaired) electrons. The summed E-state index contributed by atoms with van der Waals surface area (Å²) in [6.07, 6.45) is 5.46. The zero-order valence-electron chi connectivity index (χ0n) is 22.4. The first-order valence-electron chi connectivity index (χ1n) is 12.1. The van der Waals surface area contributed by atoms with E-state index in [1.165, 1.54) is 39.0 Å². The third-order valence-electron chi connectivity index (χ3n) is 6.24. The van der Waals surface area contributed by atoms with Crippen molar-refractivity contribution < 1.29 is 22.6 Å². The molecule has 5 rings (SSSR count). The van der Waals surface area contributed by atoms with Crippen LogP contribution in [0.3, 0.4) is 0 Å². The van der Waals surface area contributed by atoms with Gasteiger partial charge in [-0.2, -0.15) is 0 Å². The van der Waals surface area contributed by atoms with Gasteiger partial charge in [-0.15, -0.1) is 10.2 Å². The lowest BCUT2D eigenvalue weighted by molar-refractivity contribution is 0.0949. The summed E-state index contributed by atoms with van der Waals surface area (Å²) >= 11 is 0. The number of aromatic amines is 1. The van der Waals surface area contributed by atoms with Crippen LogP contribution in [-0.4, -0.2) is 74.7 Å². The number of rotatable bonds is 10. The van der Waals surface area contributed by atoms with Gasteiger partial charge in [0.05, 0.1) is 20.4 Å². The number of ether oxygens (including phenoxy) is 3. The molecule has 0 aliphatic rings. The lowest BCUT2D eigenvalue weighted by Crippen LogP contribution is -2.33. The van der Waals surface area contributed by atoms with Gasteiger partial charge in [-0.05, 0) is 37.6 Å². The van der Waals surface area contributed by atoms with Gasteiger partial charge in [-0.25, -0.2) is 28.4 Å². The molecule has 15 heteroatoms. The molecule has 2 N–H and O–H groups in total. The number of aryl methyl sites for hydroxylation is 1. The number of hydrogen-bond acceptors (Lipinski definition) is 11. The topological polar surface area (TPSA) is 172 Å². The maximum absolute atomic E-state index is 13.7. The summed E-state index contributed by atoms with van der Waals surface area (Å²) in [7, 11) is 0.232. The Hall–Kier alpha value is -4.63. The van der Waals surface area contributed by atoms with E-state index < -0.39 is 21.4 Å². The zero-order chi connectivity index (χ0) is 28.4. The van der Waals surface area contributed by atoms with Crippen LogP contribution >= 0.6 is 0 Å². The van der Waals surface area contributed by atoms with E-state index in [1.807, 2.05) is 6.92 Å². The number of hydrogen-bond donors (Lipinski definition) is 2. The minimum absolute atomic E-state index is 0.125. The van der Waals surface area contributed by atoms with Gasteiger partial charge in [-0.3, -0.25) is 9.29 Å². The largest absolute Gasteiger partial charge is 0.494 e. The molecule has 0 aliphatic heterocycles. The lowest BCUT2D eigenvalue weighted by atomic mass is 10.2. The van der Waals surface area contributed by atoms with Gasteiger partial charge in [0.1, 0.15) is 39.8 Å². The standard InChI is InChI=1S/C25H27N9O5S/c1-14-11-27-23(28-12-14)21(39-5)15(2)40(35,36)33-25-32-31-24(17-13-29-22-16(30-17)9-10-26-22)34(25)20-18(37-3)7-6-8-19(20)38-4/h6-13,15,21H,1-5H3,(H,26,29)(H,32,33). The summed E-state index contributed by atoms with van der Waals surface area (Å²) in [4.78, 5) is 20.5. The summed E-state index contributed by atoms with van der Waals surface area (Å²) in [5.74, 6) is 1.07. The molecular formula is C25H27N9O5S. The van der Waals surface area contributed by atoms with Gasteiger partial charge in [0.2, 0.25) is 16.0 Å². The number of aromatic nitrogens is 8. The summed E-state index contributed by atoms with van der Waals surface area (Å²) in [5.41, 5.74) is 2.71. The van der Waals surface area contributed by atoms with Gasteiger partial charge in [0, 0.05) is 25.7 Å². The molecule has 14 nitrogen and oxygen atoms in total. The Morgan fingerprint density at radius 1 is 0.975 bits per heavy atom. The van der Waals surface area contributed by atoms with Crippen LogP contribution in [0.4, 0.5) is 5.95 Å². The van der Waals surface area contributed by atoms with E-state index in [9.17, 15) is 8.42 Å². The van der Waals surface area contributed by atoms with Gasteiger partial charge in [0.25, 0.3) is 0 Å². The molecule has 0 amide bonds. The second kappa shape index (κ2) is 10.9. The molecule has 1 aromatic carbocycles. The van der Waals surface area contributed by atoms with E-state index in [-0.39, 0.29) is 17.6 Å². The molecule has 4 heterocycles. The Kier molecular flexibility index (Phi) is 7.32. The number of nitrogens with one attached hydrogen (secondary N) is 2. The van der Waals surface area contributed by atoms with Crippen molar-refractivity contribution >= 4 is 27.1 Å². The van der Waals surface area contributed by atoms with E-state index in [1.54, 1.807) is 42.9 Å². The van der Waals surface area contributed by atoms with Crippen LogP contribution < -0.4 is 14.2 Å². The highest BCUT2D eigenvalue weighted by molar-refractivity contribution is 7.93. The molecule has 0 bridgehead atoms. The van der Waals surface area contributed by atoms with Crippen LogP contribution in [-0.2, 0) is 14.8 Å². The summed E-state index contributed by atoms with van der Waals surface area (Å²) < 4.78 is 48.1. The van der Waals surface area contributed by atoms with E-state index in [2.05, 4.69) is 39.8 Å². The number of sulfonamides is 1. The minimum atomic E-state index is -4.15. The van der Waals surface area contributed by atoms with Crippen LogP contribution in [0.25, 0.3) is 28.4 Å². The van der Waals surface area contributed by atoms with Crippen LogP contribution in [0.1, 0.15) is 24.4 Å². The summed E-state index contributed by atoms with van der Waals surface area (Å²) in [5, 5.41) is 7.35. The number of nitrogens with zero attached hydrogens (tertiary/aromatic N) is 7. The molecule has 4 aromatic heterocycles. The van der Waals surface area contributed by atoms with E-state index >= 15 is 0 Å².